The summed E-state index contributed by atoms with van der Waals surface area (Å²) in [4.78, 5) is 0. The summed E-state index contributed by atoms with van der Waals surface area (Å²) in [5, 5.41) is 8.69. The summed E-state index contributed by atoms with van der Waals surface area (Å²) >= 11 is 0. The molecule has 0 amide bonds. The lowest BCUT2D eigenvalue weighted by Gasteiger charge is -2.20. The van der Waals surface area contributed by atoms with Crippen molar-refractivity contribution in [3.63, 3.8) is 0 Å². The van der Waals surface area contributed by atoms with Crippen molar-refractivity contribution < 1.29 is 18.6 Å². The van der Waals surface area contributed by atoms with Crippen molar-refractivity contribution in [2.75, 3.05) is 18.9 Å². The van der Waals surface area contributed by atoms with E-state index in [4.69, 9.17) is 25.2 Å². The first-order chi connectivity index (χ1) is 10.2. The first-order valence-electron chi connectivity index (χ1n) is 6.24. The third kappa shape index (κ3) is 2.54. The fourth-order valence-corrected chi connectivity index (χ4v) is 1.95. The highest BCUT2D eigenvalue weighted by Crippen LogP contribution is 2.40. The van der Waals surface area contributed by atoms with Crippen molar-refractivity contribution in [2.24, 2.45) is 0 Å². The van der Waals surface area contributed by atoms with E-state index in [1.165, 1.54) is 12.1 Å². The normalized spacial score (nSPS) is 12.6. The summed E-state index contributed by atoms with van der Waals surface area (Å²) in [5.74, 6) is 1.01. The standard InChI is InChI=1S/C15H11FN2O3/c16-11-5-10(2-1-9(11)8-17)21-13-7-15-14(6-12(13)18)19-3-4-20-15/h1-2,5-7H,3-4,18H2. The molecule has 0 saturated carbocycles. The molecule has 0 aromatic heterocycles. The van der Waals surface area contributed by atoms with E-state index in [2.05, 4.69) is 0 Å². The van der Waals surface area contributed by atoms with E-state index in [0.717, 1.165) is 6.07 Å². The molecule has 21 heavy (non-hydrogen) atoms. The maximum atomic E-state index is 13.5. The number of ether oxygens (including phenoxy) is 3. The molecule has 0 unspecified atom stereocenters. The van der Waals surface area contributed by atoms with Gasteiger partial charge in [0.2, 0.25) is 0 Å². The summed E-state index contributed by atoms with van der Waals surface area (Å²) in [7, 11) is 0. The number of nitrogens with zero attached hydrogens (tertiary/aromatic N) is 1. The SMILES string of the molecule is N#Cc1ccc(Oc2cc3c(cc2N)OCCO3)cc1F. The monoisotopic (exact) mass is 286 g/mol. The van der Waals surface area contributed by atoms with Crippen LogP contribution >= 0.6 is 0 Å². The molecule has 0 radical (unpaired) electrons. The van der Waals surface area contributed by atoms with Crippen LogP contribution in [0.3, 0.4) is 0 Å². The molecule has 0 fully saturated rings. The number of nitriles is 1. The predicted molar refractivity (Wildman–Crippen MR) is 73.0 cm³/mol. The molecule has 1 aliphatic rings. The summed E-state index contributed by atoms with van der Waals surface area (Å²) in [6.45, 7) is 0.912. The van der Waals surface area contributed by atoms with Gasteiger partial charge in [-0.25, -0.2) is 4.39 Å². The molecule has 6 heteroatoms. The lowest BCUT2D eigenvalue weighted by Crippen LogP contribution is -2.15. The van der Waals surface area contributed by atoms with Gasteiger partial charge >= 0.3 is 0 Å². The Morgan fingerprint density at radius 1 is 1.14 bits per heavy atom. The molecule has 0 atom stereocenters. The van der Waals surface area contributed by atoms with Crippen LogP contribution in [-0.4, -0.2) is 13.2 Å². The predicted octanol–water partition coefficient (Wildman–Crippen LogP) is 2.84. The van der Waals surface area contributed by atoms with Crippen LogP contribution in [0.5, 0.6) is 23.0 Å². The van der Waals surface area contributed by atoms with Gasteiger partial charge in [0.1, 0.15) is 30.8 Å². The van der Waals surface area contributed by atoms with Crippen LogP contribution in [0.2, 0.25) is 0 Å². The van der Waals surface area contributed by atoms with Gasteiger partial charge in [-0.1, -0.05) is 0 Å². The lowest BCUT2D eigenvalue weighted by molar-refractivity contribution is 0.171. The number of halogens is 1. The minimum absolute atomic E-state index is 0.0440. The zero-order valence-electron chi connectivity index (χ0n) is 10.9. The van der Waals surface area contributed by atoms with Gasteiger partial charge in [-0.2, -0.15) is 5.26 Å². The summed E-state index contributed by atoms with van der Waals surface area (Å²) in [5.41, 5.74) is 6.19. The number of hydrogen-bond donors (Lipinski definition) is 1. The summed E-state index contributed by atoms with van der Waals surface area (Å²) < 4.78 is 29.9. The van der Waals surface area contributed by atoms with E-state index in [9.17, 15) is 4.39 Å². The van der Waals surface area contributed by atoms with Crippen LogP contribution in [0, 0.1) is 17.1 Å². The number of hydrogen-bond acceptors (Lipinski definition) is 5. The molecule has 2 N–H and O–H groups in total. The van der Waals surface area contributed by atoms with E-state index in [-0.39, 0.29) is 11.3 Å². The minimum atomic E-state index is -0.647. The van der Waals surface area contributed by atoms with Crippen molar-refractivity contribution >= 4 is 5.69 Å². The first-order valence-corrected chi connectivity index (χ1v) is 6.24. The van der Waals surface area contributed by atoms with Gasteiger partial charge in [0, 0.05) is 18.2 Å². The highest BCUT2D eigenvalue weighted by molar-refractivity contribution is 5.63. The van der Waals surface area contributed by atoms with Crippen LogP contribution in [0.1, 0.15) is 5.56 Å². The van der Waals surface area contributed by atoms with Gasteiger partial charge in [0.05, 0.1) is 11.3 Å². The second-order valence-electron chi connectivity index (χ2n) is 4.39. The van der Waals surface area contributed by atoms with Gasteiger partial charge in [-0.05, 0) is 12.1 Å². The second-order valence-corrected chi connectivity index (χ2v) is 4.39. The Morgan fingerprint density at radius 3 is 2.52 bits per heavy atom. The molecule has 5 nitrogen and oxygen atoms in total. The topological polar surface area (TPSA) is 77.5 Å². The molecule has 2 aromatic rings. The lowest BCUT2D eigenvalue weighted by atomic mass is 10.2. The average molecular weight is 286 g/mol. The number of fused-ring (bicyclic) bond motifs is 1. The van der Waals surface area contributed by atoms with Crippen molar-refractivity contribution in [1.29, 1.82) is 5.26 Å². The fourth-order valence-electron chi connectivity index (χ4n) is 1.95. The molecular formula is C15H11FN2O3. The molecule has 0 bridgehead atoms. The molecule has 2 aromatic carbocycles. The largest absolute Gasteiger partial charge is 0.486 e. The van der Waals surface area contributed by atoms with Gasteiger partial charge in [-0.15, -0.1) is 0 Å². The van der Waals surface area contributed by atoms with Gasteiger partial charge in [0.15, 0.2) is 17.2 Å². The fraction of sp³-hybridized carbons (Fsp3) is 0.133. The Balaban J connectivity index is 1.91. The molecular weight excluding hydrogens is 275 g/mol. The molecule has 3 rings (SSSR count). The maximum Gasteiger partial charge on any atom is 0.165 e. The highest BCUT2D eigenvalue weighted by atomic mass is 19.1. The van der Waals surface area contributed by atoms with Gasteiger partial charge in [-0.3, -0.25) is 0 Å². The minimum Gasteiger partial charge on any atom is -0.486 e. The van der Waals surface area contributed by atoms with Crippen LogP contribution < -0.4 is 19.9 Å². The van der Waals surface area contributed by atoms with E-state index in [1.54, 1.807) is 18.2 Å². The van der Waals surface area contributed by atoms with E-state index in [1.807, 2.05) is 0 Å². The van der Waals surface area contributed by atoms with Crippen LogP contribution in [0.25, 0.3) is 0 Å². The van der Waals surface area contributed by atoms with Crippen LogP contribution in [0.15, 0.2) is 30.3 Å². The van der Waals surface area contributed by atoms with Gasteiger partial charge < -0.3 is 19.9 Å². The zero-order chi connectivity index (χ0) is 14.8. The zero-order valence-corrected chi connectivity index (χ0v) is 10.9. The molecule has 0 saturated heterocycles. The Kier molecular flexibility index (Phi) is 3.24. The summed E-state index contributed by atoms with van der Waals surface area (Å²) in [6, 6.07) is 8.92. The number of nitrogens with two attached hydrogens (primary N) is 1. The molecule has 106 valence electrons. The Hall–Kier alpha value is -2.94. The second kappa shape index (κ2) is 5.21. The van der Waals surface area contributed by atoms with Crippen molar-refractivity contribution in [3.8, 4) is 29.1 Å². The number of anilines is 1. The van der Waals surface area contributed by atoms with Gasteiger partial charge in [0.25, 0.3) is 0 Å². The third-order valence-electron chi connectivity index (χ3n) is 2.96. The first kappa shape index (κ1) is 13.1. The molecule has 0 spiro atoms. The van der Waals surface area contributed by atoms with Crippen LogP contribution in [0.4, 0.5) is 10.1 Å². The Morgan fingerprint density at radius 2 is 1.86 bits per heavy atom. The highest BCUT2D eigenvalue weighted by Gasteiger charge is 2.16. The number of nitrogen functional groups attached to an aromatic ring is 1. The van der Waals surface area contributed by atoms with E-state index < -0.39 is 5.82 Å². The molecule has 0 aliphatic carbocycles. The van der Waals surface area contributed by atoms with Crippen molar-refractivity contribution in [2.45, 2.75) is 0 Å². The molecule has 1 aliphatic heterocycles. The van der Waals surface area contributed by atoms with Crippen molar-refractivity contribution in [1.82, 2.24) is 0 Å². The van der Waals surface area contributed by atoms with E-state index in [0.29, 0.717) is 36.1 Å². The third-order valence-corrected chi connectivity index (χ3v) is 2.96. The quantitative estimate of drug-likeness (QED) is 0.859. The number of benzene rings is 2. The maximum absolute atomic E-state index is 13.5. The average Bonchev–Trinajstić information content (AvgIpc) is 2.48. The Bertz CT molecular complexity index is 740. The molecule has 1 heterocycles. The smallest absolute Gasteiger partial charge is 0.165 e. The number of rotatable bonds is 2. The Labute approximate surface area is 120 Å². The summed E-state index contributed by atoms with van der Waals surface area (Å²) in [6.07, 6.45) is 0. The van der Waals surface area contributed by atoms with E-state index >= 15 is 0 Å². The van der Waals surface area contributed by atoms with Crippen LogP contribution in [-0.2, 0) is 0 Å². The van der Waals surface area contributed by atoms with Crippen molar-refractivity contribution in [3.05, 3.63) is 41.7 Å².